The lowest BCUT2D eigenvalue weighted by Gasteiger charge is -2.35. The monoisotopic (exact) mass is 411 g/mol. The van der Waals surface area contributed by atoms with Crippen molar-refractivity contribution in [2.45, 2.75) is 38.1 Å². The summed E-state index contributed by atoms with van der Waals surface area (Å²) < 4.78 is 13.2. The van der Waals surface area contributed by atoms with Crippen molar-refractivity contribution in [1.29, 1.82) is 0 Å². The molecule has 5 nitrogen and oxygen atoms in total. The molecule has 0 amide bonds. The van der Waals surface area contributed by atoms with E-state index in [4.69, 9.17) is 10.6 Å². The summed E-state index contributed by atoms with van der Waals surface area (Å²) in [4.78, 5) is 20.6. The molecule has 0 bridgehead atoms. The molecule has 2 aromatic carbocycles. The van der Waals surface area contributed by atoms with Crippen LogP contribution in [0, 0.1) is 5.82 Å². The van der Waals surface area contributed by atoms with Crippen molar-refractivity contribution in [3.8, 4) is 0 Å². The number of oxime groups is 1. The number of halogens is 1. The van der Waals surface area contributed by atoms with Crippen LogP contribution < -0.4 is 5.73 Å². The Labute approximate surface area is 177 Å². The van der Waals surface area contributed by atoms with Crippen molar-refractivity contribution in [3.05, 3.63) is 71.5 Å². The molecule has 1 fully saturated rings. The summed E-state index contributed by atoms with van der Waals surface area (Å²) >= 11 is 0. The van der Waals surface area contributed by atoms with E-state index in [1.807, 2.05) is 30.3 Å². The zero-order chi connectivity index (χ0) is 21.2. The molecule has 1 heterocycles. The molecule has 1 aliphatic heterocycles. The van der Waals surface area contributed by atoms with E-state index in [-0.39, 0.29) is 17.6 Å². The SMILES string of the molecule is NCCON=C(c1ccccc1)C(CCC(=O)c1ccc(F)cc1)N1CCCCC1. The number of piperidine rings is 1. The van der Waals surface area contributed by atoms with Crippen LogP contribution in [0.5, 0.6) is 0 Å². The Morgan fingerprint density at radius 1 is 1.03 bits per heavy atom. The number of carbonyl (C=O) groups is 1. The van der Waals surface area contributed by atoms with Gasteiger partial charge in [0.2, 0.25) is 0 Å². The van der Waals surface area contributed by atoms with Gasteiger partial charge in [0.1, 0.15) is 18.1 Å². The third kappa shape index (κ3) is 6.21. The molecule has 0 aliphatic carbocycles. The predicted molar refractivity (Wildman–Crippen MR) is 117 cm³/mol. The number of ketones is 1. The summed E-state index contributed by atoms with van der Waals surface area (Å²) in [6, 6.07) is 15.7. The summed E-state index contributed by atoms with van der Waals surface area (Å²) in [5, 5.41) is 4.46. The maximum Gasteiger partial charge on any atom is 0.162 e. The van der Waals surface area contributed by atoms with E-state index in [1.54, 1.807) is 12.1 Å². The van der Waals surface area contributed by atoms with Gasteiger partial charge in [-0.05, 0) is 56.6 Å². The van der Waals surface area contributed by atoms with Crippen molar-refractivity contribution in [1.82, 2.24) is 4.90 Å². The average molecular weight is 412 g/mol. The number of rotatable bonds is 10. The molecule has 30 heavy (non-hydrogen) atoms. The first kappa shape index (κ1) is 22.1. The molecule has 1 aliphatic rings. The van der Waals surface area contributed by atoms with Crippen LogP contribution in [0.1, 0.15) is 48.0 Å². The Bertz CT molecular complexity index is 818. The lowest BCUT2D eigenvalue weighted by atomic mass is 9.93. The number of Topliss-reactive ketones (excluding diaryl/α,β-unsaturated/α-hetero) is 1. The third-order valence-electron chi connectivity index (χ3n) is 5.40. The van der Waals surface area contributed by atoms with Crippen LogP contribution in [0.4, 0.5) is 4.39 Å². The normalized spacial score (nSPS) is 16.3. The maximum absolute atomic E-state index is 13.2. The van der Waals surface area contributed by atoms with Gasteiger partial charge >= 0.3 is 0 Å². The van der Waals surface area contributed by atoms with Crippen LogP contribution in [0.3, 0.4) is 0 Å². The number of hydrogen-bond acceptors (Lipinski definition) is 5. The van der Waals surface area contributed by atoms with Crippen LogP contribution in [0.15, 0.2) is 59.8 Å². The van der Waals surface area contributed by atoms with E-state index >= 15 is 0 Å². The molecule has 0 radical (unpaired) electrons. The zero-order valence-electron chi connectivity index (χ0n) is 17.3. The quantitative estimate of drug-likeness (QED) is 0.277. The van der Waals surface area contributed by atoms with Crippen LogP contribution in [-0.4, -0.2) is 48.7 Å². The van der Waals surface area contributed by atoms with Crippen molar-refractivity contribution in [2.75, 3.05) is 26.2 Å². The van der Waals surface area contributed by atoms with Crippen LogP contribution in [0.25, 0.3) is 0 Å². The van der Waals surface area contributed by atoms with Crippen molar-refractivity contribution < 1.29 is 14.0 Å². The first-order chi connectivity index (χ1) is 14.7. The standard InChI is InChI=1S/C24H30FN3O2/c25-21-11-9-19(10-12-21)23(29)14-13-22(28-16-5-2-6-17-28)24(27-30-18-15-26)20-7-3-1-4-8-20/h1,3-4,7-12,22H,2,5-6,13-18,26H2. The van der Waals surface area contributed by atoms with Crippen molar-refractivity contribution >= 4 is 11.5 Å². The molecule has 2 aromatic rings. The van der Waals surface area contributed by atoms with Gasteiger partial charge in [0, 0.05) is 24.1 Å². The van der Waals surface area contributed by atoms with Crippen molar-refractivity contribution in [2.24, 2.45) is 10.9 Å². The smallest absolute Gasteiger partial charge is 0.162 e. The first-order valence-corrected chi connectivity index (χ1v) is 10.7. The van der Waals surface area contributed by atoms with Crippen molar-refractivity contribution in [3.63, 3.8) is 0 Å². The fraction of sp³-hybridized carbons (Fsp3) is 0.417. The zero-order valence-corrected chi connectivity index (χ0v) is 17.3. The average Bonchev–Trinajstić information content (AvgIpc) is 2.79. The van der Waals surface area contributed by atoms with Crippen LogP contribution >= 0.6 is 0 Å². The third-order valence-corrected chi connectivity index (χ3v) is 5.40. The highest BCUT2D eigenvalue weighted by molar-refractivity contribution is 6.04. The Hall–Kier alpha value is -2.57. The minimum absolute atomic E-state index is 0.00676. The summed E-state index contributed by atoms with van der Waals surface area (Å²) in [6.45, 7) is 2.68. The predicted octanol–water partition coefficient (Wildman–Crippen LogP) is 4.02. The van der Waals surface area contributed by atoms with Gasteiger partial charge in [0.15, 0.2) is 5.78 Å². The summed E-state index contributed by atoms with van der Waals surface area (Å²) in [5.74, 6) is -0.333. The summed E-state index contributed by atoms with van der Waals surface area (Å²) in [6.07, 6.45) is 4.47. The van der Waals surface area contributed by atoms with Gasteiger partial charge in [-0.2, -0.15) is 0 Å². The fourth-order valence-corrected chi connectivity index (χ4v) is 3.85. The lowest BCUT2D eigenvalue weighted by Crippen LogP contribution is -2.45. The van der Waals surface area contributed by atoms with E-state index in [9.17, 15) is 9.18 Å². The molecule has 6 heteroatoms. The number of nitrogens with zero attached hydrogens (tertiary/aromatic N) is 2. The number of carbonyl (C=O) groups excluding carboxylic acids is 1. The Morgan fingerprint density at radius 2 is 1.73 bits per heavy atom. The largest absolute Gasteiger partial charge is 0.394 e. The highest BCUT2D eigenvalue weighted by atomic mass is 19.1. The molecule has 160 valence electrons. The number of benzene rings is 2. The number of likely N-dealkylation sites (tertiary alicyclic amines) is 1. The van der Waals surface area contributed by atoms with Crippen LogP contribution in [-0.2, 0) is 4.84 Å². The minimum atomic E-state index is -0.340. The molecule has 1 atom stereocenters. The molecular formula is C24H30FN3O2. The number of nitrogens with two attached hydrogens (primary N) is 1. The van der Waals surface area contributed by atoms with E-state index < -0.39 is 0 Å². The second-order valence-corrected chi connectivity index (χ2v) is 7.55. The van der Waals surface area contributed by atoms with Gasteiger partial charge in [-0.3, -0.25) is 9.69 Å². The highest BCUT2D eigenvalue weighted by Crippen LogP contribution is 2.21. The Morgan fingerprint density at radius 3 is 2.40 bits per heavy atom. The molecular weight excluding hydrogens is 381 g/mol. The first-order valence-electron chi connectivity index (χ1n) is 10.7. The van der Waals surface area contributed by atoms with E-state index in [0.717, 1.165) is 37.2 Å². The van der Waals surface area contributed by atoms with Gasteiger partial charge in [0.05, 0.1) is 6.04 Å². The molecule has 0 aromatic heterocycles. The van der Waals surface area contributed by atoms with E-state index in [0.29, 0.717) is 31.6 Å². The number of hydrogen-bond donors (Lipinski definition) is 1. The molecule has 2 N–H and O–H groups in total. The van der Waals surface area contributed by atoms with Gasteiger partial charge in [-0.25, -0.2) is 4.39 Å². The second kappa shape index (κ2) is 11.6. The molecule has 0 saturated carbocycles. The van der Waals surface area contributed by atoms with Gasteiger partial charge in [-0.15, -0.1) is 0 Å². The van der Waals surface area contributed by atoms with E-state index in [1.165, 1.54) is 18.6 Å². The second-order valence-electron chi connectivity index (χ2n) is 7.55. The highest BCUT2D eigenvalue weighted by Gasteiger charge is 2.28. The molecule has 0 spiro atoms. The topological polar surface area (TPSA) is 67.9 Å². The molecule has 3 rings (SSSR count). The minimum Gasteiger partial charge on any atom is -0.394 e. The fourth-order valence-electron chi connectivity index (χ4n) is 3.85. The summed E-state index contributed by atoms with van der Waals surface area (Å²) in [7, 11) is 0. The van der Waals surface area contributed by atoms with Crippen LogP contribution in [0.2, 0.25) is 0 Å². The maximum atomic E-state index is 13.2. The Kier molecular flexibility index (Phi) is 8.53. The van der Waals surface area contributed by atoms with E-state index in [2.05, 4.69) is 10.1 Å². The van der Waals surface area contributed by atoms with Gasteiger partial charge in [0.25, 0.3) is 0 Å². The molecule has 1 saturated heterocycles. The lowest BCUT2D eigenvalue weighted by molar-refractivity contribution is 0.0963. The van der Waals surface area contributed by atoms with Gasteiger partial charge < -0.3 is 10.6 Å². The van der Waals surface area contributed by atoms with Gasteiger partial charge in [-0.1, -0.05) is 41.9 Å². The molecule has 1 unspecified atom stereocenters. The Balaban J connectivity index is 1.82. The summed E-state index contributed by atoms with van der Waals surface area (Å²) in [5.41, 5.74) is 7.92.